The molecule has 0 amide bonds. The number of hydrogen-bond donors (Lipinski definition) is 3. The van der Waals surface area contributed by atoms with Gasteiger partial charge in [0, 0.05) is 24.0 Å². The molecule has 10 heteroatoms. The molecule has 0 aliphatic heterocycles. The normalized spacial score (nSPS) is 14.8. The van der Waals surface area contributed by atoms with Crippen LogP contribution in [0.5, 0.6) is 0 Å². The van der Waals surface area contributed by atoms with Crippen molar-refractivity contribution < 1.29 is 14.4 Å². The van der Waals surface area contributed by atoms with Crippen molar-refractivity contribution in [3.63, 3.8) is 0 Å². The van der Waals surface area contributed by atoms with Gasteiger partial charge in [-0.05, 0) is 29.9 Å². The highest BCUT2D eigenvalue weighted by atomic mass is 32.1. The molecule has 9 nitrogen and oxygen atoms in total. The lowest BCUT2D eigenvalue weighted by atomic mass is 10.1. The first-order chi connectivity index (χ1) is 14.0. The number of nitrogens with zero attached hydrogens (tertiary/aromatic N) is 2. The number of aromatic nitrogens is 4. The molecule has 0 saturated heterocycles. The van der Waals surface area contributed by atoms with E-state index in [-0.39, 0.29) is 17.2 Å². The summed E-state index contributed by atoms with van der Waals surface area (Å²) in [6.45, 7) is 0. The van der Waals surface area contributed by atoms with Crippen LogP contribution in [0.25, 0.3) is 32.7 Å². The summed E-state index contributed by atoms with van der Waals surface area (Å²) in [5, 5.41) is 15.6. The Morgan fingerprint density at radius 1 is 1.31 bits per heavy atom. The predicted molar refractivity (Wildman–Crippen MR) is 106 cm³/mol. The largest absolute Gasteiger partial charge is 0.478 e. The highest BCUT2D eigenvalue weighted by Crippen LogP contribution is 2.39. The van der Waals surface area contributed by atoms with Crippen molar-refractivity contribution in [2.75, 3.05) is 0 Å². The van der Waals surface area contributed by atoms with Crippen molar-refractivity contribution in [1.82, 2.24) is 19.7 Å². The van der Waals surface area contributed by atoms with Gasteiger partial charge in [0.2, 0.25) is 0 Å². The number of thiophene rings is 1. The molecule has 4 aromatic rings. The van der Waals surface area contributed by atoms with Crippen LogP contribution < -0.4 is 11.3 Å². The molecule has 1 aliphatic carbocycles. The number of hydrogen-bond acceptors (Lipinski definition) is 6. The second kappa shape index (κ2) is 6.59. The fraction of sp³-hybridized carbons (Fsp3) is 0.263. The average Bonchev–Trinajstić information content (AvgIpc) is 3.47. The highest BCUT2D eigenvalue weighted by molar-refractivity contribution is 7.13. The maximum Gasteiger partial charge on any atom is 0.439 e. The summed E-state index contributed by atoms with van der Waals surface area (Å²) >= 11 is 1.35. The maximum absolute atomic E-state index is 12.7. The number of H-pyrrole nitrogens is 2. The van der Waals surface area contributed by atoms with E-state index >= 15 is 0 Å². The number of nitrogens with one attached hydrogen (secondary N) is 2. The molecule has 5 rings (SSSR count). The van der Waals surface area contributed by atoms with Crippen molar-refractivity contribution in [1.29, 1.82) is 0 Å². The van der Waals surface area contributed by atoms with Gasteiger partial charge in [-0.3, -0.25) is 14.3 Å². The van der Waals surface area contributed by atoms with Crippen molar-refractivity contribution in [3.8, 4) is 21.8 Å². The summed E-state index contributed by atoms with van der Waals surface area (Å²) in [6.07, 6.45) is 7.19. The van der Waals surface area contributed by atoms with E-state index in [1.165, 1.54) is 17.5 Å². The Morgan fingerprint density at radius 2 is 2.10 bits per heavy atom. The third-order valence-corrected chi connectivity index (χ3v) is 6.33. The van der Waals surface area contributed by atoms with Crippen molar-refractivity contribution in [2.45, 2.75) is 31.7 Å². The minimum Gasteiger partial charge on any atom is -0.478 e. The van der Waals surface area contributed by atoms with E-state index in [0.717, 1.165) is 31.2 Å². The number of carboxylic acids is 1. The molecule has 0 unspecified atom stereocenters. The standard InChI is InChI=1S/C19H16N4O5S/c24-17-14-12(9-5-13(29-8-9)16-21-19(27)28-22-16)7-23(10-3-1-2-4-10)15(14)11(6-20-17)18(25)26/h5-8,10H,1-4H2,(H,20,24)(H,25,26)(H,21,22,27). The number of aromatic amines is 2. The first kappa shape index (κ1) is 17.7. The van der Waals surface area contributed by atoms with E-state index in [1.54, 1.807) is 6.07 Å². The van der Waals surface area contributed by atoms with Crippen molar-refractivity contribution in [2.24, 2.45) is 0 Å². The van der Waals surface area contributed by atoms with Gasteiger partial charge in [0.05, 0.1) is 15.8 Å². The maximum atomic E-state index is 12.7. The summed E-state index contributed by atoms with van der Waals surface area (Å²) < 4.78 is 6.51. The van der Waals surface area contributed by atoms with Crippen LogP contribution in [0.1, 0.15) is 42.1 Å². The minimum atomic E-state index is -1.08. The Balaban J connectivity index is 1.75. The molecule has 1 saturated carbocycles. The molecule has 3 N–H and O–H groups in total. The van der Waals surface area contributed by atoms with E-state index < -0.39 is 11.7 Å². The van der Waals surface area contributed by atoms with Crippen LogP contribution in [-0.2, 0) is 0 Å². The number of carboxylic acid groups (broad SMARTS) is 1. The molecule has 0 radical (unpaired) electrons. The lowest BCUT2D eigenvalue weighted by Gasteiger charge is -2.14. The van der Waals surface area contributed by atoms with Crippen LogP contribution in [0.4, 0.5) is 0 Å². The quantitative estimate of drug-likeness (QED) is 0.471. The summed E-state index contributed by atoms with van der Waals surface area (Å²) in [7, 11) is 0. The molecule has 0 spiro atoms. The molecule has 4 heterocycles. The summed E-state index contributed by atoms with van der Waals surface area (Å²) in [5.74, 6) is -1.41. The Kier molecular flexibility index (Phi) is 4.02. The van der Waals surface area contributed by atoms with Crippen LogP contribution in [0, 0.1) is 0 Å². The molecule has 29 heavy (non-hydrogen) atoms. The first-order valence-electron chi connectivity index (χ1n) is 9.17. The lowest BCUT2D eigenvalue weighted by Crippen LogP contribution is -2.13. The van der Waals surface area contributed by atoms with Gasteiger partial charge in [-0.25, -0.2) is 9.59 Å². The fourth-order valence-corrected chi connectivity index (χ4v) is 4.94. The first-order valence-corrected chi connectivity index (χ1v) is 10.1. The van der Waals surface area contributed by atoms with Crippen LogP contribution in [0.15, 0.2) is 38.0 Å². The van der Waals surface area contributed by atoms with Crippen molar-refractivity contribution >= 4 is 28.2 Å². The second-order valence-corrected chi connectivity index (χ2v) is 8.00. The van der Waals surface area contributed by atoms with Gasteiger partial charge in [-0.1, -0.05) is 18.0 Å². The summed E-state index contributed by atoms with van der Waals surface area (Å²) in [6, 6.07) is 1.97. The van der Waals surface area contributed by atoms with Crippen LogP contribution in [-0.4, -0.2) is 30.8 Å². The van der Waals surface area contributed by atoms with E-state index in [1.807, 2.05) is 16.1 Å². The predicted octanol–water partition coefficient (Wildman–Crippen LogP) is 3.21. The van der Waals surface area contributed by atoms with E-state index in [9.17, 15) is 19.5 Å². The number of pyridine rings is 1. The average molecular weight is 412 g/mol. The summed E-state index contributed by atoms with van der Waals surface area (Å²) in [4.78, 5) is 41.5. The van der Waals surface area contributed by atoms with Gasteiger partial charge in [0.25, 0.3) is 5.56 Å². The number of rotatable bonds is 4. The molecule has 0 atom stereocenters. The van der Waals surface area contributed by atoms with Crippen molar-refractivity contribution in [3.05, 3.63) is 50.3 Å². The van der Waals surface area contributed by atoms with Gasteiger partial charge in [0.1, 0.15) is 5.56 Å². The molecule has 1 aliphatic rings. The molecular weight excluding hydrogens is 396 g/mol. The zero-order chi connectivity index (χ0) is 20.1. The molecular formula is C19H16N4O5S. The van der Waals surface area contributed by atoms with E-state index in [2.05, 4.69) is 19.6 Å². The zero-order valence-electron chi connectivity index (χ0n) is 15.1. The second-order valence-electron chi connectivity index (χ2n) is 7.09. The van der Waals surface area contributed by atoms with Gasteiger partial charge in [-0.2, -0.15) is 0 Å². The molecule has 1 fully saturated rings. The van der Waals surface area contributed by atoms with Crippen LogP contribution >= 0.6 is 11.3 Å². The topological polar surface area (TPSA) is 134 Å². The Bertz CT molecular complexity index is 1350. The SMILES string of the molecule is O=C(O)c1c[nH]c(=O)c2c(-c3csc(-c4noc(=O)[nH]4)c3)cn(C3CCCC3)c12. The number of aromatic carboxylic acids is 1. The summed E-state index contributed by atoms with van der Waals surface area (Å²) in [5.41, 5.74) is 1.60. The smallest absolute Gasteiger partial charge is 0.439 e. The Morgan fingerprint density at radius 3 is 2.79 bits per heavy atom. The van der Waals surface area contributed by atoms with Gasteiger partial charge in [0.15, 0.2) is 5.82 Å². The Labute approximate surface area is 166 Å². The third kappa shape index (κ3) is 2.83. The van der Waals surface area contributed by atoms with Crippen LogP contribution in [0.3, 0.4) is 0 Å². The lowest BCUT2D eigenvalue weighted by molar-refractivity contribution is 0.0698. The third-order valence-electron chi connectivity index (χ3n) is 5.39. The van der Waals surface area contributed by atoms with Gasteiger partial charge < -0.3 is 14.7 Å². The number of carbonyl (C=O) groups is 1. The van der Waals surface area contributed by atoms with Gasteiger partial charge >= 0.3 is 11.7 Å². The minimum absolute atomic E-state index is 0.0778. The van der Waals surface area contributed by atoms with Gasteiger partial charge in [-0.15, -0.1) is 11.3 Å². The Hall–Kier alpha value is -3.40. The highest BCUT2D eigenvalue weighted by Gasteiger charge is 2.26. The van der Waals surface area contributed by atoms with E-state index in [0.29, 0.717) is 27.2 Å². The van der Waals surface area contributed by atoms with E-state index in [4.69, 9.17) is 0 Å². The number of fused-ring (bicyclic) bond motifs is 1. The fourth-order valence-electron chi connectivity index (χ4n) is 4.10. The molecule has 0 bridgehead atoms. The monoisotopic (exact) mass is 412 g/mol. The van der Waals surface area contributed by atoms with Crippen LogP contribution in [0.2, 0.25) is 0 Å². The molecule has 0 aromatic carbocycles. The molecule has 148 valence electrons. The zero-order valence-corrected chi connectivity index (χ0v) is 15.9. The molecule has 4 aromatic heterocycles.